The molecule has 152 valence electrons. The Labute approximate surface area is 176 Å². The van der Waals surface area contributed by atoms with Crippen LogP contribution < -0.4 is 5.01 Å². The number of hydrazone groups is 1. The van der Waals surface area contributed by atoms with Crippen molar-refractivity contribution < 1.29 is 18.1 Å². The van der Waals surface area contributed by atoms with E-state index in [-0.39, 0.29) is 25.6 Å². The molecule has 5 nitrogen and oxygen atoms in total. The molecule has 9 heteroatoms. The summed E-state index contributed by atoms with van der Waals surface area (Å²) in [7, 11) is 0. The first-order valence-corrected chi connectivity index (χ1v) is 10.7. The monoisotopic (exact) mass is 477 g/mol. The number of anilines is 1. The van der Waals surface area contributed by atoms with Crippen LogP contribution in [0.2, 0.25) is 0 Å². The van der Waals surface area contributed by atoms with E-state index in [9.17, 15) is 23.3 Å². The molecule has 3 aromatic rings. The van der Waals surface area contributed by atoms with Gasteiger partial charge < -0.3 is 0 Å². The van der Waals surface area contributed by atoms with Gasteiger partial charge in [-0.1, -0.05) is 0 Å². The number of nitro groups is 1. The Morgan fingerprint density at radius 2 is 1.57 bits per heavy atom. The molecule has 30 heavy (non-hydrogen) atoms. The zero-order chi connectivity index (χ0) is 21.3. The number of rotatable bonds is 4. The van der Waals surface area contributed by atoms with Gasteiger partial charge in [0.1, 0.15) is 0 Å². The van der Waals surface area contributed by atoms with Crippen molar-refractivity contribution in [2.45, 2.75) is 11.1 Å². The third-order valence-electron chi connectivity index (χ3n) is 4.51. The van der Waals surface area contributed by atoms with E-state index in [0.717, 1.165) is 33.6 Å². The fourth-order valence-corrected chi connectivity index (χ4v) is 5.48. The third-order valence-corrected chi connectivity index (χ3v) is 7.11. The summed E-state index contributed by atoms with van der Waals surface area (Å²) in [5.74, 6) is 0. The van der Waals surface area contributed by atoms with Crippen LogP contribution in [0, 0.1) is 10.1 Å². The second-order valence-corrected chi connectivity index (χ2v) is 8.72. The van der Waals surface area contributed by atoms with Crippen LogP contribution in [-0.2, 0) is 6.18 Å². The molecule has 0 saturated carbocycles. The zero-order valence-electron chi connectivity index (χ0n) is 15.3. The number of alkyl halides is 3. The van der Waals surface area contributed by atoms with E-state index in [1.54, 1.807) is 17.1 Å². The van der Waals surface area contributed by atoms with Gasteiger partial charge in [0.2, 0.25) is 0 Å². The normalized spacial score (nSPS) is 16.4. The third kappa shape index (κ3) is 4.08. The molecular weight excluding hydrogens is 462 g/mol. The summed E-state index contributed by atoms with van der Waals surface area (Å²) < 4.78 is 39.6. The molecule has 0 aromatic heterocycles. The summed E-state index contributed by atoms with van der Waals surface area (Å²) in [6.07, 6.45) is -4.39. The maximum atomic E-state index is 12.9. The van der Waals surface area contributed by atoms with E-state index < -0.39 is 16.7 Å². The molecular formula is C21H14F3N3O2Se. The second kappa shape index (κ2) is 7.93. The number of para-hydroxylation sites is 1. The first-order valence-electron chi connectivity index (χ1n) is 8.84. The Kier molecular flexibility index (Phi) is 5.32. The molecule has 0 saturated heterocycles. The molecule has 0 radical (unpaired) electrons. The maximum absolute atomic E-state index is 12.9. The molecule has 1 aliphatic heterocycles. The summed E-state index contributed by atoms with van der Waals surface area (Å²) in [4.78, 5) is 10.2. The van der Waals surface area contributed by atoms with E-state index in [1.165, 1.54) is 24.3 Å². The number of hydrogen-bond acceptors (Lipinski definition) is 4. The van der Waals surface area contributed by atoms with Gasteiger partial charge in [-0.3, -0.25) is 0 Å². The van der Waals surface area contributed by atoms with Gasteiger partial charge in [0.25, 0.3) is 0 Å². The minimum absolute atomic E-state index is 0.0101. The molecule has 0 amide bonds. The predicted octanol–water partition coefficient (Wildman–Crippen LogP) is 5.20. The number of non-ortho nitro benzene ring substituents is 1. The fraction of sp³-hybridized carbons (Fsp3) is 0.0952. The van der Waals surface area contributed by atoms with Crippen LogP contribution in [0.25, 0.3) is 0 Å². The summed E-state index contributed by atoms with van der Waals surface area (Å²) in [5.41, 5.74) is 1.60. The first-order chi connectivity index (χ1) is 14.3. The quantitative estimate of drug-likeness (QED) is 0.296. The Bertz CT molecular complexity index is 1090. The van der Waals surface area contributed by atoms with Crippen molar-refractivity contribution in [1.82, 2.24) is 0 Å². The van der Waals surface area contributed by atoms with Gasteiger partial charge in [-0.25, -0.2) is 0 Å². The van der Waals surface area contributed by atoms with Crippen molar-refractivity contribution in [3.63, 3.8) is 0 Å². The average Bonchev–Trinajstić information content (AvgIpc) is 3.19. The fourth-order valence-electron chi connectivity index (χ4n) is 3.00. The molecule has 0 N–H and O–H groups in total. The van der Waals surface area contributed by atoms with E-state index in [4.69, 9.17) is 5.10 Å². The van der Waals surface area contributed by atoms with E-state index >= 15 is 0 Å². The van der Waals surface area contributed by atoms with E-state index in [2.05, 4.69) is 0 Å². The predicted molar refractivity (Wildman–Crippen MR) is 108 cm³/mol. The van der Waals surface area contributed by atoms with Gasteiger partial charge in [0.05, 0.1) is 0 Å². The van der Waals surface area contributed by atoms with Crippen LogP contribution in [0.4, 0.5) is 24.5 Å². The van der Waals surface area contributed by atoms with Crippen molar-refractivity contribution in [3.8, 4) is 0 Å². The van der Waals surface area contributed by atoms with Crippen LogP contribution in [0.15, 0.2) is 84.0 Å². The second-order valence-electron chi connectivity index (χ2n) is 6.48. The van der Waals surface area contributed by atoms with Gasteiger partial charge in [-0.2, -0.15) is 0 Å². The summed E-state index contributed by atoms with van der Waals surface area (Å²) in [5, 5.41) is 17.4. The van der Waals surface area contributed by atoms with E-state index in [1.807, 2.05) is 30.3 Å². The van der Waals surface area contributed by atoms with Gasteiger partial charge in [-0.15, -0.1) is 0 Å². The van der Waals surface area contributed by atoms with E-state index in [0.29, 0.717) is 0 Å². The standard InChI is InChI=1S/C21H14F3N3O2Se/c22-21(23,24)16-10-6-15(7-11-16)20-26(17-4-2-1-3-5-17)25-19(30-20)14-8-12-18(13-9-14)27(28)29/h1-13,20H. The molecule has 0 spiro atoms. The van der Waals surface area contributed by atoms with Crippen molar-refractivity contribution in [2.24, 2.45) is 5.10 Å². The van der Waals surface area contributed by atoms with Crippen molar-refractivity contribution in [1.29, 1.82) is 0 Å². The minimum atomic E-state index is -4.39. The summed E-state index contributed by atoms with van der Waals surface area (Å²) in [6, 6.07) is 20.7. The zero-order valence-corrected chi connectivity index (χ0v) is 17.0. The van der Waals surface area contributed by atoms with Gasteiger partial charge in [0.15, 0.2) is 0 Å². The number of nitro benzene ring substituents is 1. The van der Waals surface area contributed by atoms with Crippen LogP contribution in [0.3, 0.4) is 0 Å². The molecule has 1 heterocycles. The van der Waals surface area contributed by atoms with Crippen LogP contribution in [-0.4, -0.2) is 24.5 Å². The van der Waals surface area contributed by atoms with Crippen LogP contribution in [0.5, 0.6) is 0 Å². The van der Waals surface area contributed by atoms with Crippen LogP contribution >= 0.6 is 0 Å². The summed E-state index contributed by atoms with van der Waals surface area (Å²) in [6.45, 7) is 0. The van der Waals surface area contributed by atoms with Crippen molar-refractivity contribution >= 4 is 30.9 Å². The van der Waals surface area contributed by atoms with Gasteiger partial charge in [0, 0.05) is 0 Å². The molecule has 1 unspecified atom stereocenters. The van der Waals surface area contributed by atoms with Gasteiger partial charge in [-0.05, 0) is 0 Å². The van der Waals surface area contributed by atoms with Crippen molar-refractivity contribution in [3.05, 3.63) is 106 Å². The SMILES string of the molecule is O=[N+]([O-])c1ccc(C2=NN(c3ccccc3)C(c3ccc(C(F)(F)F)cc3)[Se]2)cc1. The van der Waals surface area contributed by atoms with Crippen molar-refractivity contribution in [2.75, 3.05) is 5.01 Å². The molecule has 4 rings (SSSR count). The van der Waals surface area contributed by atoms with Crippen LogP contribution in [0.1, 0.15) is 21.6 Å². The molecule has 0 aliphatic carbocycles. The first kappa shape index (κ1) is 20.1. The Hall–Kier alpha value is -3.16. The molecule has 3 aromatic carbocycles. The number of hydrogen-bond donors (Lipinski definition) is 0. The molecule has 1 atom stereocenters. The Balaban J connectivity index is 1.69. The Morgan fingerprint density at radius 3 is 2.13 bits per heavy atom. The summed E-state index contributed by atoms with van der Waals surface area (Å²) >= 11 is -0.230. The average molecular weight is 476 g/mol. The molecule has 0 bridgehead atoms. The molecule has 0 fully saturated rings. The number of nitrogens with zero attached hydrogens (tertiary/aromatic N) is 3. The Morgan fingerprint density at radius 1 is 0.933 bits per heavy atom. The topological polar surface area (TPSA) is 58.7 Å². The number of benzene rings is 3. The number of halogens is 3. The molecule has 1 aliphatic rings. The van der Waals surface area contributed by atoms with Gasteiger partial charge >= 0.3 is 176 Å².